The van der Waals surface area contributed by atoms with Crippen molar-refractivity contribution in [1.82, 2.24) is 20.0 Å². The molecule has 2 aliphatic rings. The number of amides is 1. The van der Waals surface area contributed by atoms with Crippen molar-refractivity contribution >= 4 is 6.09 Å². The molecule has 2 unspecified atom stereocenters. The number of hydrogen-bond donors (Lipinski definition) is 3. The fourth-order valence-corrected chi connectivity index (χ4v) is 2.69. The van der Waals surface area contributed by atoms with Gasteiger partial charge in [-0.2, -0.15) is 0 Å². The highest BCUT2D eigenvalue weighted by Crippen LogP contribution is 2.11. The minimum Gasteiger partial charge on any atom is -0.444 e. The lowest BCUT2D eigenvalue weighted by atomic mass is 10.2. The smallest absolute Gasteiger partial charge is 0.410 e. The van der Waals surface area contributed by atoms with Crippen LogP contribution < -0.4 is 5.32 Å². The molecule has 2 rings (SSSR count). The van der Waals surface area contributed by atoms with Gasteiger partial charge in [0.05, 0.1) is 18.8 Å². The number of aliphatic hydroxyl groups excluding tert-OH is 2. The third-order valence-corrected chi connectivity index (χ3v) is 3.93. The molecule has 2 saturated heterocycles. The van der Waals surface area contributed by atoms with E-state index in [0.717, 1.165) is 32.7 Å². The van der Waals surface area contributed by atoms with Gasteiger partial charge in [0.25, 0.3) is 0 Å². The second kappa shape index (κ2) is 15.0. The lowest BCUT2D eigenvalue weighted by molar-refractivity contribution is 0.0186. The summed E-state index contributed by atoms with van der Waals surface area (Å²) >= 11 is 0. The highest BCUT2D eigenvalue weighted by molar-refractivity contribution is 5.68. The highest BCUT2D eigenvalue weighted by Gasteiger charge is 2.26. The Bertz CT molecular complexity index is 414. The number of carbonyl (C=O) groups is 1. The molecule has 1 amide bonds. The van der Waals surface area contributed by atoms with Crippen LogP contribution in [0.25, 0.3) is 0 Å². The van der Waals surface area contributed by atoms with Gasteiger partial charge in [-0.25, -0.2) is 4.79 Å². The Morgan fingerprint density at radius 1 is 1.07 bits per heavy atom. The number of likely N-dealkylation sites (N-methyl/N-ethyl adjacent to an activating group) is 2. The van der Waals surface area contributed by atoms with Crippen molar-refractivity contribution in [2.45, 2.75) is 59.8 Å². The monoisotopic (exact) mass is 407 g/mol. The Morgan fingerprint density at radius 2 is 1.61 bits per heavy atom. The first-order valence-corrected chi connectivity index (χ1v) is 9.69. The van der Waals surface area contributed by atoms with Crippen LogP contribution in [-0.2, 0) is 4.74 Å². The molecule has 0 bridgehead atoms. The molecule has 0 saturated carbocycles. The lowest BCUT2D eigenvalue weighted by Crippen LogP contribution is -2.41. The topological polar surface area (TPSA) is 88.5 Å². The second-order valence-electron chi connectivity index (χ2n) is 7.96. The number of ether oxygens (including phenoxy) is 1. The van der Waals surface area contributed by atoms with E-state index < -0.39 is 11.7 Å². The molecular weight excluding hydrogens is 360 g/mol. The molecule has 8 nitrogen and oxygen atoms in total. The number of β-amino-alcohol motifs (C(OH)–C–C–N with tert-alkyl or cyclic N) is 2. The van der Waals surface area contributed by atoms with E-state index in [4.69, 9.17) is 11.2 Å². The van der Waals surface area contributed by atoms with Gasteiger partial charge in [0.2, 0.25) is 0 Å². The van der Waals surface area contributed by atoms with Crippen LogP contribution in [0, 0.1) is 0 Å². The van der Waals surface area contributed by atoms with Crippen molar-refractivity contribution < 1.29 is 21.1 Å². The van der Waals surface area contributed by atoms with Gasteiger partial charge < -0.3 is 35.0 Å². The normalized spacial score (nSPS) is 24.7. The molecule has 2 heterocycles. The molecular formula is C20H46N4O4. The molecule has 0 aliphatic carbocycles. The highest BCUT2D eigenvalue weighted by atomic mass is 16.6. The van der Waals surface area contributed by atoms with E-state index in [1.54, 1.807) is 11.8 Å². The van der Waals surface area contributed by atoms with Crippen LogP contribution in [-0.4, -0.2) is 115 Å². The molecule has 2 atom stereocenters. The van der Waals surface area contributed by atoms with Gasteiger partial charge in [0, 0.05) is 47.2 Å². The van der Waals surface area contributed by atoms with Crippen molar-refractivity contribution in [3.8, 4) is 0 Å². The van der Waals surface area contributed by atoms with E-state index in [9.17, 15) is 9.90 Å². The summed E-state index contributed by atoms with van der Waals surface area (Å²) in [6, 6.07) is 0. The van der Waals surface area contributed by atoms with E-state index in [-0.39, 0.29) is 19.6 Å². The van der Waals surface area contributed by atoms with Crippen molar-refractivity contribution in [2.75, 3.05) is 66.5 Å². The fraction of sp³-hybridized carbons (Fsp3) is 0.950. The third kappa shape index (κ3) is 14.1. The van der Waals surface area contributed by atoms with E-state index in [2.05, 4.69) is 10.2 Å². The Morgan fingerprint density at radius 3 is 2.18 bits per heavy atom. The molecule has 0 radical (unpaired) electrons. The molecule has 0 aromatic heterocycles. The first-order chi connectivity index (χ1) is 13.0. The number of nitrogens with one attached hydrogen (secondary N) is 1. The van der Waals surface area contributed by atoms with Gasteiger partial charge in [-0.05, 0) is 34.9 Å². The van der Waals surface area contributed by atoms with Crippen molar-refractivity contribution in [1.29, 1.82) is 0 Å². The van der Waals surface area contributed by atoms with E-state index >= 15 is 0 Å². The van der Waals surface area contributed by atoms with Crippen LogP contribution in [0.4, 0.5) is 4.79 Å². The van der Waals surface area contributed by atoms with E-state index in [1.807, 2.05) is 39.8 Å². The Labute approximate surface area is 174 Å². The molecule has 3 N–H and O–H groups in total. The predicted octanol–water partition coefficient (Wildman–Crippen LogP) is 1.07. The quantitative estimate of drug-likeness (QED) is 0.554. The van der Waals surface area contributed by atoms with Gasteiger partial charge in [0.1, 0.15) is 5.60 Å². The summed E-state index contributed by atoms with van der Waals surface area (Å²) in [5.74, 6) is 0. The van der Waals surface area contributed by atoms with Crippen LogP contribution in [0.3, 0.4) is 0 Å². The minimum absolute atomic E-state index is 0. The zero-order chi connectivity index (χ0) is 21.7. The van der Waals surface area contributed by atoms with Gasteiger partial charge >= 0.3 is 6.09 Å². The van der Waals surface area contributed by atoms with Gasteiger partial charge in [-0.1, -0.05) is 21.3 Å². The summed E-state index contributed by atoms with van der Waals surface area (Å²) in [6.07, 6.45) is -1.03. The number of rotatable bonds is 0. The Balaban J connectivity index is 0. The Hall–Kier alpha value is -0.930. The maximum absolute atomic E-state index is 11.8. The van der Waals surface area contributed by atoms with Gasteiger partial charge in [-0.15, -0.1) is 0 Å². The summed E-state index contributed by atoms with van der Waals surface area (Å²) < 4.78 is 11.5. The first kappa shape index (κ1) is 27.1. The standard InChI is InChI=1S/C11H22N2O3.C6H14N2O.C2H6.CH4/c1-11(2,3)16-10(15)13-6-5-12(4)7-9(14)8-13;1-8-3-2-7-4-6(9)5-8;1-2;/h9,14H,5-8H2,1-4H3;6-7,9H,2-5H2,1H3;1-2H3;1H4/i;;1D;. The lowest BCUT2D eigenvalue weighted by Gasteiger charge is -2.26. The molecule has 2 fully saturated rings. The van der Waals surface area contributed by atoms with Crippen molar-refractivity contribution in [2.24, 2.45) is 0 Å². The number of aliphatic hydroxyl groups is 2. The summed E-state index contributed by atoms with van der Waals surface area (Å²) in [7, 11) is 3.96. The fourth-order valence-electron chi connectivity index (χ4n) is 2.69. The second-order valence-corrected chi connectivity index (χ2v) is 7.96. The maximum atomic E-state index is 11.8. The molecule has 0 aromatic carbocycles. The zero-order valence-electron chi connectivity index (χ0n) is 19.1. The van der Waals surface area contributed by atoms with Crippen LogP contribution in [0.15, 0.2) is 0 Å². The zero-order valence-corrected chi connectivity index (χ0v) is 18.1. The maximum Gasteiger partial charge on any atom is 0.410 e. The largest absolute Gasteiger partial charge is 0.444 e. The van der Waals surface area contributed by atoms with Crippen LogP contribution in [0.1, 0.15) is 43.4 Å². The summed E-state index contributed by atoms with van der Waals surface area (Å²) in [5.41, 5.74) is -0.486. The molecule has 8 heteroatoms. The number of hydrogen-bond acceptors (Lipinski definition) is 7. The van der Waals surface area contributed by atoms with Crippen molar-refractivity contribution in [3.63, 3.8) is 0 Å². The third-order valence-electron chi connectivity index (χ3n) is 3.93. The van der Waals surface area contributed by atoms with Crippen molar-refractivity contribution in [3.05, 3.63) is 0 Å². The molecule has 0 aromatic rings. The summed E-state index contributed by atoms with van der Waals surface area (Å²) in [5, 5.41) is 22.0. The van der Waals surface area contributed by atoms with E-state index in [1.165, 1.54) is 0 Å². The summed E-state index contributed by atoms with van der Waals surface area (Å²) in [6.45, 7) is 13.7. The number of carbonyl (C=O) groups excluding carboxylic acids is 1. The summed E-state index contributed by atoms with van der Waals surface area (Å²) in [4.78, 5) is 17.5. The van der Waals surface area contributed by atoms with Crippen LogP contribution in [0.2, 0.25) is 0 Å². The van der Waals surface area contributed by atoms with Crippen LogP contribution >= 0.6 is 0 Å². The van der Waals surface area contributed by atoms with E-state index in [0.29, 0.717) is 26.5 Å². The van der Waals surface area contributed by atoms with Crippen LogP contribution in [0.5, 0.6) is 0 Å². The van der Waals surface area contributed by atoms with Gasteiger partial charge in [-0.3, -0.25) is 0 Å². The predicted molar refractivity (Wildman–Crippen MR) is 116 cm³/mol. The average Bonchev–Trinajstić information content (AvgIpc) is 2.83. The molecule has 2 aliphatic heterocycles. The Kier molecular flexibility index (Phi) is 14.5. The first-order valence-electron chi connectivity index (χ1n) is 10.4. The molecule has 170 valence electrons. The number of nitrogens with zero attached hydrogens (tertiary/aromatic N) is 3. The van der Waals surface area contributed by atoms with Gasteiger partial charge in [0.15, 0.2) is 0 Å². The minimum atomic E-state index is -0.500. The SMILES string of the molecule is C.CN1CCN(C(=O)OC(C)(C)C)CC(O)C1.CN1CCNCC(O)C1.[2H]CC. The average molecular weight is 408 g/mol. The molecule has 28 heavy (non-hydrogen) atoms. The molecule has 0 spiro atoms.